The Bertz CT molecular complexity index is 696. The molecule has 0 aliphatic carbocycles. The van der Waals surface area contributed by atoms with Gasteiger partial charge < -0.3 is 10.6 Å². The molecule has 2 rings (SSSR count). The van der Waals surface area contributed by atoms with E-state index in [2.05, 4.69) is 15.6 Å². The van der Waals surface area contributed by atoms with Gasteiger partial charge in [-0.2, -0.15) is 0 Å². The van der Waals surface area contributed by atoms with Gasteiger partial charge in [0.05, 0.1) is 15.7 Å². The molecule has 0 saturated heterocycles. The van der Waals surface area contributed by atoms with Crippen molar-refractivity contribution in [3.8, 4) is 0 Å². The number of benzene rings is 1. The van der Waals surface area contributed by atoms with Crippen LogP contribution in [0.2, 0.25) is 10.0 Å². The molecule has 1 aromatic heterocycles. The lowest BCUT2D eigenvalue weighted by atomic mass is 10.1. The summed E-state index contributed by atoms with van der Waals surface area (Å²) in [6.45, 7) is 6.12. The van der Waals surface area contributed by atoms with Crippen LogP contribution in [0.5, 0.6) is 0 Å². The van der Waals surface area contributed by atoms with Crippen LogP contribution in [0, 0.1) is 0 Å². The minimum absolute atomic E-state index is 0.106. The summed E-state index contributed by atoms with van der Waals surface area (Å²) < 4.78 is 0. The molecule has 0 unspecified atom stereocenters. The fraction of sp³-hybridized carbons (Fsp3) is 0.250. The first kappa shape index (κ1) is 16.6. The lowest BCUT2D eigenvalue weighted by Crippen LogP contribution is -2.26. The molecule has 2 aromatic rings. The van der Waals surface area contributed by atoms with E-state index in [1.807, 2.05) is 26.8 Å². The highest BCUT2D eigenvalue weighted by Crippen LogP contribution is 2.29. The third-order valence-electron chi connectivity index (χ3n) is 2.71. The van der Waals surface area contributed by atoms with Crippen molar-refractivity contribution in [2.45, 2.75) is 26.3 Å². The summed E-state index contributed by atoms with van der Waals surface area (Å²) in [7, 11) is 0. The molecular formula is C16H17Cl2N3O. The molecule has 0 aliphatic rings. The van der Waals surface area contributed by atoms with E-state index in [-0.39, 0.29) is 11.4 Å². The number of pyridine rings is 1. The predicted octanol–water partition coefficient (Wildman–Crippen LogP) is 4.85. The van der Waals surface area contributed by atoms with Crippen LogP contribution >= 0.6 is 23.2 Å². The number of halogens is 2. The first-order valence-electron chi connectivity index (χ1n) is 6.76. The molecule has 6 heteroatoms. The number of aromatic nitrogens is 1. The Morgan fingerprint density at radius 2 is 1.91 bits per heavy atom. The molecule has 4 nitrogen and oxygen atoms in total. The zero-order valence-corrected chi connectivity index (χ0v) is 14.1. The van der Waals surface area contributed by atoms with Gasteiger partial charge in [0.1, 0.15) is 5.69 Å². The summed E-state index contributed by atoms with van der Waals surface area (Å²) in [5.41, 5.74) is 1.47. The maximum Gasteiger partial charge on any atom is 0.274 e. The van der Waals surface area contributed by atoms with Crippen molar-refractivity contribution < 1.29 is 4.79 Å². The summed E-state index contributed by atoms with van der Waals surface area (Å²) in [5.74, 6) is -0.346. The number of hydrogen-bond acceptors (Lipinski definition) is 3. The molecule has 0 atom stereocenters. The Balaban J connectivity index is 2.19. The van der Waals surface area contributed by atoms with Crippen molar-refractivity contribution in [3.63, 3.8) is 0 Å². The lowest BCUT2D eigenvalue weighted by molar-refractivity contribution is 0.102. The quantitative estimate of drug-likeness (QED) is 0.841. The van der Waals surface area contributed by atoms with E-state index in [9.17, 15) is 4.79 Å². The first-order valence-corrected chi connectivity index (χ1v) is 7.51. The summed E-state index contributed by atoms with van der Waals surface area (Å²) in [6.07, 6.45) is 1.59. The van der Waals surface area contributed by atoms with Gasteiger partial charge in [-0.05, 0) is 45.0 Å². The number of rotatable bonds is 3. The first-order chi connectivity index (χ1) is 10.3. The third-order valence-corrected chi connectivity index (χ3v) is 3.53. The zero-order chi connectivity index (χ0) is 16.3. The summed E-state index contributed by atoms with van der Waals surface area (Å²) in [5, 5.41) is 6.70. The standard InChI is InChI=1S/C16H17Cl2N3O/c1-16(2,3)21-10-7-8-19-13(9-10)15(22)20-12-6-4-5-11(17)14(12)18/h4-9H,1-3H3,(H,19,21)(H,20,22). The Kier molecular flexibility index (Phi) is 4.94. The van der Waals surface area contributed by atoms with Gasteiger partial charge in [0, 0.05) is 17.4 Å². The van der Waals surface area contributed by atoms with Crippen LogP contribution in [0.15, 0.2) is 36.5 Å². The smallest absolute Gasteiger partial charge is 0.274 e. The molecule has 0 radical (unpaired) electrons. The van der Waals surface area contributed by atoms with Crippen LogP contribution in [0.3, 0.4) is 0 Å². The summed E-state index contributed by atoms with van der Waals surface area (Å²) in [4.78, 5) is 16.4. The van der Waals surface area contributed by atoms with Gasteiger partial charge in [0.25, 0.3) is 5.91 Å². The van der Waals surface area contributed by atoms with Crippen LogP contribution in [0.25, 0.3) is 0 Å². The summed E-state index contributed by atoms with van der Waals surface area (Å²) in [6, 6.07) is 8.57. The molecule has 0 aliphatic heterocycles. The fourth-order valence-electron chi connectivity index (χ4n) is 1.85. The highest BCUT2D eigenvalue weighted by atomic mass is 35.5. The van der Waals surface area contributed by atoms with Gasteiger partial charge in [-0.25, -0.2) is 0 Å². The lowest BCUT2D eigenvalue weighted by Gasteiger charge is -2.22. The van der Waals surface area contributed by atoms with Crippen molar-refractivity contribution in [2.75, 3.05) is 10.6 Å². The van der Waals surface area contributed by atoms with Crippen LogP contribution < -0.4 is 10.6 Å². The van der Waals surface area contributed by atoms with Crippen molar-refractivity contribution in [1.29, 1.82) is 0 Å². The van der Waals surface area contributed by atoms with E-state index in [1.54, 1.807) is 30.5 Å². The maximum absolute atomic E-state index is 12.3. The number of carbonyl (C=O) groups excluding carboxylic acids is 1. The number of hydrogen-bond donors (Lipinski definition) is 2. The largest absolute Gasteiger partial charge is 0.380 e. The zero-order valence-electron chi connectivity index (χ0n) is 12.6. The Hall–Kier alpha value is -1.78. The number of carbonyl (C=O) groups is 1. The molecule has 2 N–H and O–H groups in total. The second-order valence-electron chi connectivity index (χ2n) is 5.86. The van der Waals surface area contributed by atoms with Crippen molar-refractivity contribution >= 4 is 40.5 Å². The average Bonchev–Trinajstić information content (AvgIpc) is 2.42. The molecule has 1 aromatic carbocycles. The monoisotopic (exact) mass is 337 g/mol. The van der Waals surface area contributed by atoms with Crippen LogP contribution in [0.4, 0.5) is 11.4 Å². The van der Waals surface area contributed by atoms with Gasteiger partial charge in [-0.1, -0.05) is 29.3 Å². The molecule has 22 heavy (non-hydrogen) atoms. The van der Waals surface area contributed by atoms with Gasteiger partial charge in [0.2, 0.25) is 0 Å². The molecular weight excluding hydrogens is 321 g/mol. The normalized spacial score (nSPS) is 11.1. The topological polar surface area (TPSA) is 54.0 Å². The SMILES string of the molecule is CC(C)(C)Nc1ccnc(C(=O)Nc2cccc(Cl)c2Cl)c1. The minimum Gasteiger partial charge on any atom is -0.380 e. The molecule has 1 amide bonds. The predicted molar refractivity (Wildman–Crippen MR) is 92.0 cm³/mol. The van der Waals surface area contributed by atoms with Crippen LogP contribution in [0.1, 0.15) is 31.3 Å². The Morgan fingerprint density at radius 3 is 2.59 bits per heavy atom. The number of anilines is 2. The molecule has 116 valence electrons. The van der Waals surface area contributed by atoms with Gasteiger partial charge in [-0.3, -0.25) is 9.78 Å². The van der Waals surface area contributed by atoms with Crippen molar-refractivity contribution in [3.05, 3.63) is 52.3 Å². The Morgan fingerprint density at radius 1 is 1.18 bits per heavy atom. The molecule has 0 saturated carbocycles. The molecule has 0 bridgehead atoms. The van der Waals surface area contributed by atoms with Crippen molar-refractivity contribution in [1.82, 2.24) is 4.98 Å². The fourth-order valence-corrected chi connectivity index (χ4v) is 2.20. The van der Waals surface area contributed by atoms with Crippen LogP contribution in [-0.2, 0) is 0 Å². The van der Waals surface area contributed by atoms with E-state index in [1.165, 1.54) is 0 Å². The van der Waals surface area contributed by atoms with Crippen molar-refractivity contribution in [2.24, 2.45) is 0 Å². The van der Waals surface area contributed by atoms with E-state index in [4.69, 9.17) is 23.2 Å². The number of amides is 1. The highest BCUT2D eigenvalue weighted by molar-refractivity contribution is 6.44. The molecule has 0 fully saturated rings. The van der Waals surface area contributed by atoms with Gasteiger partial charge >= 0.3 is 0 Å². The second kappa shape index (κ2) is 6.55. The van der Waals surface area contributed by atoms with Gasteiger partial charge in [0.15, 0.2) is 0 Å². The van der Waals surface area contributed by atoms with E-state index < -0.39 is 0 Å². The third kappa shape index (κ3) is 4.36. The molecule has 1 heterocycles. The minimum atomic E-state index is -0.346. The average molecular weight is 338 g/mol. The maximum atomic E-state index is 12.3. The summed E-state index contributed by atoms with van der Waals surface area (Å²) >= 11 is 12.0. The van der Waals surface area contributed by atoms with Gasteiger partial charge in [-0.15, -0.1) is 0 Å². The van der Waals surface area contributed by atoms with E-state index in [0.29, 0.717) is 21.4 Å². The molecule has 0 spiro atoms. The Labute approximate surface area is 139 Å². The second-order valence-corrected chi connectivity index (χ2v) is 6.65. The van der Waals surface area contributed by atoms with E-state index >= 15 is 0 Å². The van der Waals surface area contributed by atoms with Crippen LogP contribution in [-0.4, -0.2) is 16.4 Å². The number of nitrogens with zero attached hydrogens (tertiary/aromatic N) is 1. The van der Waals surface area contributed by atoms with E-state index in [0.717, 1.165) is 5.69 Å². The highest BCUT2D eigenvalue weighted by Gasteiger charge is 2.14. The number of nitrogens with one attached hydrogen (secondary N) is 2.